The highest BCUT2D eigenvalue weighted by Gasteiger charge is 2.17. The molecule has 6 nitrogen and oxygen atoms in total. The zero-order valence-electron chi connectivity index (χ0n) is 12.1. The Morgan fingerprint density at radius 3 is 2.76 bits per heavy atom. The lowest BCUT2D eigenvalue weighted by Gasteiger charge is -2.14. The van der Waals surface area contributed by atoms with Crippen molar-refractivity contribution in [2.75, 3.05) is 5.73 Å². The molecule has 3 heterocycles. The summed E-state index contributed by atoms with van der Waals surface area (Å²) < 4.78 is 11.3. The van der Waals surface area contributed by atoms with E-state index in [1.54, 1.807) is 25.6 Å². The molecule has 6 heteroatoms. The van der Waals surface area contributed by atoms with E-state index in [0.29, 0.717) is 28.9 Å². The smallest absolute Gasteiger partial charge is 0.229 e. The molecule has 0 amide bonds. The number of nitrogen functional groups attached to an aromatic ring is 1. The van der Waals surface area contributed by atoms with Gasteiger partial charge in [-0.05, 0) is 18.9 Å². The van der Waals surface area contributed by atoms with Crippen LogP contribution in [0.15, 0.2) is 29.1 Å². The van der Waals surface area contributed by atoms with Gasteiger partial charge in [-0.3, -0.25) is 0 Å². The molecule has 108 valence electrons. The summed E-state index contributed by atoms with van der Waals surface area (Å²) in [5.74, 6) is 2.27. The molecule has 0 aliphatic carbocycles. The lowest BCUT2D eigenvalue weighted by molar-refractivity contribution is 0.474. The van der Waals surface area contributed by atoms with Crippen molar-refractivity contribution < 1.29 is 9.15 Å². The van der Waals surface area contributed by atoms with Crippen LogP contribution in [0, 0.1) is 6.92 Å². The van der Waals surface area contributed by atoms with Gasteiger partial charge in [0, 0.05) is 11.8 Å². The number of aromatic nitrogens is 3. The molecule has 3 aromatic heterocycles. The number of hydrogen-bond acceptors (Lipinski definition) is 6. The second-order valence-corrected chi connectivity index (χ2v) is 5.11. The van der Waals surface area contributed by atoms with E-state index in [4.69, 9.17) is 14.9 Å². The molecule has 0 aliphatic rings. The maximum atomic E-state index is 5.98. The molecule has 0 radical (unpaired) electrons. The molecule has 0 aromatic carbocycles. The second-order valence-electron chi connectivity index (χ2n) is 5.11. The second kappa shape index (κ2) is 5.05. The van der Waals surface area contributed by atoms with Crippen LogP contribution in [0.4, 0.5) is 5.82 Å². The predicted molar refractivity (Wildman–Crippen MR) is 79.4 cm³/mol. The summed E-state index contributed by atoms with van der Waals surface area (Å²) in [6.07, 6.45) is 4.93. The standard InChI is InChI=1S/C15H16N4O2/c1-8(2)11-6-18-15-10(4-5-20-15)13(11)21-12-7-17-9(3)19-14(12)16/h4-8H,1-3H3,(H2,16,17,19). The molecule has 21 heavy (non-hydrogen) atoms. The first-order chi connectivity index (χ1) is 10.1. The number of nitrogens with two attached hydrogens (primary N) is 1. The summed E-state index contributed by atoms with van der Waals surface area (Å²) in [5, 5.41) is 0.807. The van der Waals surface area contributed by atoms with Gasteiger partial charge in [-0.15, -0.1) is 0 Å². The van der Waals surface area contributed by atoms with Crippen molar-refractivity contribution in [3.8, 4) is 11.5 Å². The Bertz CT molecular complexity index is 795. The minimum Gasteiger partial charge on any atom is -0.451 e. The van der Waals surface area contributed by atoms with Crippen molar-refractivity contribution in [3.63, 3.8) is 0 Å². The summed E-state index contributed by atoms with van der Waals surface area (Å²) in [5.41, 5.74) is 7.40. The van der Waals surface area contributed by atoms with Crippen LogP contribution in [0.25, 0.3) is 11.1 Å². The maximum absolute atomic E-state index is 5.98. The Morgan fingerprint density at radius 2 is 2.05 bits per heavy atom. The summed E-state index contributed by atoms with van der Waals surface area (Å²) >= 11 is 0. The van der Waals surface area contributed by atoms with E-state index in [2.05, 4.69) is 28.8 Å². The molecular formula is C15H16N4O2. The third-order valence-corrected chi connectivity index (χ3v) is 3.21. The first kappa shape index (κ1) is 13.4. The number of aryl methyl sites for hydroxylation is 1. The van der Waals surface area contributed by atoms with Crippen LogP contribution in [-0.4, -0.2) is 15.0 Å². The van der Waals surface area contributed by atoms with Gasteiger partial charge in [-0.1, -0.05) is 13.8 Å². The number of fused-ring (bicyclic) bond motifs is 1. The van der Waals surface area contributed by atoms with Crippen molar-refractivity contribution in [2.24, 2.45) is 0 Å². The summed E-state index contributed by atoms with van der Waals surface area (Å²) in [4.78, 5) is 12.5. The van der Waals surface area contributed by atoms with Crippen molar-refractivity contribution in [1.29, 1.82) is 0 Å². The Morgan fingerprint density at radius 1 is 1.24 bits per heavy atom. The normalized spacial score (nSPS) is 11.2. The van der Waals surface area contributed by atoms with Crippen LogP contribution in [-0.2, 0) is 0 Å². The molecule has 2 N–H and O–H groups in total. The fourth-order valence-electron chi connectivity index (χ4n) is 2.11. The van der Waals surface area contributed by atoms with Crippen LogP contribution < -0.4 is 10.5 Å². The van der Waals surface area contributed by atoms with E-state index in [0.717, 1.165) is 10.9 Å². The fraction of sp³-hybridized carbons (Fsp3) is 0.267. The molecular weight excluding hydrogens is 268 g/mol. The topological polar surface area (TPSA) is 87.1 Å². The predicted octanol–water partition coefficient (Wildman–Crippen LogP) is 3.42. The van der Waals surface area contributed by atoms with Crippen molar-refractivity contribution in [2.45, 2.75) is 26.7 Å². The minimum absolute atomic E-state index is 0.249. The van der Waals surface area contributed by atoms with Crippen LogP contribution in [0.1, 0.15) is 31.2 Å². The molecule has 0 unspecified atom stereocenters. The fourth-order valence-corrected chi connectivity index (χ4v) is 2.11. The molecule has 3 rings (SSSR count). The number of furan rings is 1. The Balaban J connectivity index is 2.14. The number of anilines is 1. The maximum Gasteiger partial charge on any atom is 0.229 e. The molecule has 3 aromatic rings. The summed E-state index contributed by atoms with van der Waals surface area (Å²) in [7, 11) is 0. The van der Waals surface area contributed by atoms with Gasteiger partial charge in [0.2, 0.25) is 5.71 Å². The Kier molecular flexibility index (Phi) is 3.21. The third-order valence-electron chi connectivity index (χ3n) is 3.21. The molecule has 0 aliphatic heterocycles. The average Bonchev–Trinajstić information content (AvgIpc) is 2.90. The third kappa shape index (κ3) is 2.40. The molecule has 0 saturated carbocycles. The lowest BCUT2D eigenvalue weighted by Crippen LogP contribution is -2.01. The summed E-state index contributed by atoms with van der Waals surface area (Å²) in [6, 6.07) is 1.83. The van der Waals surface area contributed by atoms with E-state index in [-0.39, 0.29) is 5.92 Å². The van der Waals surface area contributed by atoms with Crippen molar-refractivity contribution >= 4 is 16.9 Å². The van der Waals surface area contributed by atoms with Gasteiger partial charge in [0.25, 0.3) is 0 Å². The summed E-state index contributed by atoms with van der Waals surface area (Å²) in [6.45, 7) is 5.93. The lowest BCUT2D eigenvalue weighted by atomic mass is 10.0. The Hall–Kier alpha value is -2.63. The molecule has 0 atom stereocenters. The average molecular weight is 284 g/mol. The number of pyridine rings is 1. The van der Waals surface area contributed by atoms with Gasteiger partial charge in [0.1, 0.15) is 11.6 Å². The minimum atomic E-state index is 0.249. The van der Waals surface area contributed by atoms with Gasteiger partial charge >= 0.3 is 0 Å². The van der Waals surface area contributed by atoms with Gasteiger partial charge in [-0.2, -0.15) is 0 Å². The highest BCUT2D eigenvalue weighted by Crippen LogP contribution is 2.37. The largest absolute Gasteiger partial charge is 0.451 e. The first-order valence-electron chi connectivity index (χ1n) is 6.69. The first-order valence-corrected chi connectivity index (χ1v) is 6.69. The van der Waals surface area contributed by atoms with E-state index >= 15 is 0 Å². The molecule has 0 bridgehead atoms. The van der Waals surface area contributed by atoms with Gasteiger partial charge in [0.05, 0.1) is 17.8 Å². The van der Waals surface area contributed by atoms with E-state index in [1.165, 1.54) is 0 Å². The van der Waals surface area contributed by atoms with Crippen LogP contribution >= 0.6 is 0 Å². The zero-order chi connectivity index (χ0) is 15.0. The van der Waals surface area contributed by atoms with Gasteiger partial charge < -0.3 is 14.9 Å². The van der Waals surface area contributed by atoms with Crippen LogP contribution in [0.5, 0.6) is 11.5 Å². The van der Waals surface area contributed by atoms with Crippen LogP contribution in [0.2, 0.25) is 0 Å². The van der Waals surface area contributed by atoms with E-state index < -0.39 is 0 Å². The van der Waals surface area contributed by atoms with Gasteiger partial charge in [-0.25, -0.2) is 15.0 Å². The van der Waals surface area contributed by atoms with E-state index in [9.17, 15) is 0 Å². The quantitative estimate of drug-likeness (QED) is 0.792. The van der Waals surface area contributed by atoms with E-state index in [1.807, 2.05) is 6.07 Å². The number of ether oxygens (including phenoxy) is 1. The number of nitrogens with zero attached hydrogens (tertiary/aromatic N) is 3. The Labute approximate surface area is 122 Å². The van der Waals surface area contributed by atoms with Crippen molar-refractivity contribution in [3.05, 3.63) is 36.1 Å². The van der Waals surface area contributed by atoms with Crippen LogP contribution in [0.3, 0.4) is 0 Å². The van der Waals surface area contributed by atoms with Gasteiger partial charge in [0.15, 0.2) is 11.6 Å². The SMILES string of the molecule is Cc1ncc(Oc2c(C(C)C)cnc3occc23)c(N)n1. The highest BCUT2D eigenvalue weighted by molar-refractivity contribution is 5.83. The number of rotatable bonds is 3. The molecule has 0 spiro atoms. The number of hydrogen-bond donors (Lipinski definition) is 1. The monoisotopic (exact) mass is 284 g/mol. The van der Waals surface area contributed by atoms with Crippen molar-refractivity contribution in [1.82, 2.24) is 15.0 Å². The zero-order valence-corrected chi connectivity index (χ0v) is 12.1. The molecule has 0 fully saturated rings. The highest BCUT2D eigenvalue weighted by atomic mass is 16.5. The molecule has 0 saturated heterocycles.